The molecule has 5 rings (SSSR count). The molecule has 0 aromatic heterocycles. The number of alkyl halides is 3. The molecule has 7 heteroatoms. The Morgan fingerprint density at radius 3 is 2.31 bits per heavy atom. The van der Waals surface area contributed by atoms with Crippen molar-refractivity contribution in [3.05, 3.63) is 41.5 Å². The Hall–Kier alpha value is -2.28. The van der Waals surface area contributed by atoms with Gasteiger partial charge >= 0.3 is 12.1 Å². The number of piperidine rings is 2. The number of rotatable bonds is 5. The Kier molecular flexibility index (Phi) is 6.73. The molecule has 1 saturated carbocycles. The number of nitrogens with zero attached hydrogens (tertiary/aromatic N) is 1. The molecular formula is C28H34F3NO3. The Balaban J connectivity index is 1.44. The lowest BCUT2D eigenvalue weighted by Crippen LogP contribution is -2.52. The molecule has 2 heterocycles. The van der Waals surface area contributed by atoms with Crippen molar-refractivity contribution in [1.29, 1.82) is 0 Å². The average molecular weight is 490 g/mol. The third kappa shape index (κ3) is 5.16. The minimum Gasteiger partial charge on any atom is -0.490 e. The largest absolute Gasteiger partial charge is 0.490 e. The van der Waals surface area contributed by atoms with Crippen LogP contribution in [0, 0.1) is 11.8 Å². The molecule has 3 aliphatic rings. The first kappa shape index (κ1) is 24.4. The number of carbonyl (C=O) groups is 1. The Morgan fingerprint density at radius 2 is 1.69 bits per heavy atom. The van der Waals surface area contributed by atoms with Gasteiger partial charge in [0.1, 0.15) is 11.3 Å². The first-order valence-corrected chi connectivity index (χ1v) is 13.0. The van der Waals surface area contributed by atoms with E-state index in [0.29, 0.717) is 30.7 Å². The smallest absolute Gasteiger partial charge is 0.420 e. The normalized spacial score (nSPS) is 29.8. The van der Waals surface area contributed by atoms with Gasteiger partial charge in [0.2, 0.25) is 0 Å². The van der Waals surface area contributed by atoms with Gasteiger partial charge in [-0.3, -0.25) is 9.69 Å². The molecule has 2 aromatic carbocycles. The van der Waals surface area contributed by atoms with E-state index in [1.807, 2.05) is 6.07 Å². The summed E-state index contributed by atoms with van der Waals surface area (Å²) in [6.45, 7) is 2.72. The van der Waals surface area contributed by atoms with Crippen molar-refractivity contribution < 1.29 is 27.8 Å². The fraction of sp³-hybridized carbons (Fsp3) is 0.607. The number of benzene rings is 2. The zero-order valence-electron chi connectivity index (χ0n) is 20.2. The van der Waals surface area contributed by atoms with E-state index in [2.05, 4.69) is 11.8 Å². The number of aliphatic carboxylic acids is 1. The first-order valence-electron chi connectivity index (χ1n) is 13.0. The monoisotopic (exact) mass is 489 g/mol. The molecule has 0 amide bonds. The Labute approximate surface area is 204 Å². The van der Waals surface area contributed by atoms with Crippen molar-refractivity contribution >= 4 is 16.7 Å². The highest BCUT2D eigenvalue weighted by molar-refractivity contribution is 5.89. The van der Waals surface area contributed by atoms with Crippen LogP contribution in [0.15, 0.2) is 30.3 Å². The van der Waals surface area contributed by atoms with Gasteiger partial charge in [0, 0.05) is 18.6 Å². The van der Waals surface area contributed by atoms with Crippen LogP contribution in [0.1, 0.15) is 75.8 Å². The van der Waals surface area contributed by atoms with E-state index in [1.54, 1.807) is 18.2 Å². The van der Waals surface area contributed by atoms with Crippen molar-refractivity contribution in [2.24, 2.45) is 11.8 Å². The second kappa shape index (κ2) is 9.64. The predicted octanol–water partition coefficient (Wildman–Crippen LogP) is 7.03. The molecule has 2 aliphatic heterocycles. The second-order valence-corrected chi connectivity index (χ2v) is 10.9. The van der Waals surface area contributed by atoms with Crippen molar-refractivity contribution in [3.8, 4) is 5.75 Å². The fourth-order valence-corrected chi connectivity index (χ4v) is 6.51. The number of hydrogen-bond acceptors (Lipinski definition) is 3. The van der Waals surface area contributed by atoms with Gasteiger partial charge in [0.15, 0.2) is 0 Å². The molecular weight excluding hydrogens is 455 g/mol. The summed E-state index contributed by atoms with van der Waals surface area (Å²) in [6, 6.07) is 8.89. The van der Waals surface area contributed by atoms with E-state index >= 15 is 0 Å². The maximum atomic E-state index is 14.3. The van der Waals surface area contributed by atoms with Crippen molar-refractivity contribution in [1.82, 2.24) is 4.90 Å². The van der Waals surface area contributed by atoms with E-state index in [4.69, 9.17) is 4.74 Å². The van der Waals surface area contributed by atoms with Gasteiger partial charge in [-0.15, -0.1) is 0 Å². The SMILES string of the molecule is C[C@H]1CC[C@@H](Oc2ccc3ccc(CN4C5CCCC4CC(C(=O)O)C5)cc3c2C(F)(F)F)CC1. The molecule has 2 saturated heterocycles. The predicted molar refractivity (Wildman–Crippen MR) is 128 cm³/mol. The maximum absolute atomic E-state index is 14.3. The van der Waals surface area contributed by atoms with E-state index in [9.17, 15) is 23.1 Å². The molecule has 2 unspecified atom stereocenters. The summed E-state index contributed by atoms with van der Waals surface area (Å²) in [5, 5.41) is 10.2. The van der Waals surface area contributed by atoms with Gasteiger partial charge < -0.3 is 9.84 Å². The third-order valence-corrected chi connectivity index (χ3v) is 8.43. The lowest BCUT2D eigenvalue weighted by atomic mass is 9.78. The molecule has 2 atom stereocenters. The summed E-state index contributed by atoms with van der Waals surface area (Å²) in [7, 11) is 0. The van der Waals surface area contributed by atoms with Crippen LogP contribution in [0.3, 0.4) is 0 Å². The molecule has 0 radical (unpaired) electrons. The van der Waals surface area contributed by atoms with Crippen LogP contribution in [-0.4, -0.2) is 34.2 Å². The van der Waals surface area contributed by atoms with Crippen molar-refractivity contribution in [3.63, 3.8) is 0 Å². The number of halogens is 3. The molecule has 2 aromatic rings. The minimum atomic E-state index is -4.52. The van der Waals surface area contributed by atoms with Gasteiger partial charge in [-0.25, -0.2) is 0 Å². The van der Waals surface area contributed by atoms with Crippen LogP contribution in [0.5, 0.6) is 5.75 Å². The molecule has 0 spiro atoms. The third-order valence-electron chi connectivity index (χ3n) is 8.43. The zero-order valence-corrected chi connectivity index (χ0v) is 20.2. The molecule has 3 fully saturated rings. The Morgan fingerprint density at radius 1 is 1.03 bits per heavy atom. The molecule has 35 heavy (non-hydrogen) atoms. The molecule has 190 valence electrons. The van der Waals surface area contributed by atoms with Gasteiger partial charge in [-0.05, 0) is 85.8 Å². The van der Waals surface area contributed by atoms with Crippen molar-refractivity contribution in [2.45, 2.75) is 95.6 Å². The van der Waals surface area contributed by atoms with Gasteiger partial charge in [-0.1, -0.05) is 31.5 Å². The molecule has 4 nitrogen and oxygen atoms in total. The van der Waals surface area contributed by atoms with Gasteiger partial charge in [0.25, 0.3) is 0 Å². The standard InChI is InChI=1S/C28H34F3NO3/c1-17-5-10-23(11-6-17)35-25-12-9-19-8-7-18(13-24(19)26(25)28(29,30)31)16-32-21-3-2-4-22(32)15-20(14-21)27(33)34/h7-9,12-13,17,20-23H,2-6,10-11,14-16H2,1H3,(H,33,34)/t17-,20?,21?,22?,23+. The van der Waals surface area contributed by atoms with E-state index in [1.165, 1.54) is 6.07 Å². The first-order chi connectivity index (χ1) is 16.7. The summed E-state index contributed by atoms with van der Waals surface area (Å²) in [6.07, 6.45) is 3.02. The quantitative estimate of drug-likeness (QED) is 0.490. The average Bonchev–Trinajstić information content (AvgIpc) is 2.79. The van der Waals surface area contributed by atoms with Crippen LogP contribution < -0.4 is 4.74 Å². The topological polar surface area (TPSA) is 49.8 Å². The van der Waals surface area contributed by atoms with Crippen LogP contribution in [0.2, 0.25) is 0 Å². The van der Waals surface area contributed by atoms with E-state index in [-0.39, 0.29) is 35.2 Å². The summed E-state index contributed by atoms with van der Waals surface area (Å²) in [4.78, 5) is 13.9. The number of carboxylic acid groups (broad SMARTS) is 1. The van der Waals surface area contributed by atoms with Gasteiger partial charge in [0.05, 0.1) is 12.0 Å². The highest BCUT2D eigenvalue weighted by Gasteiger charge is 2.41. The van der Waals surface area contributed by atoms with Crippen LogP contribution in [0.4, 0.5) is 13.2 Å². The fourth-order valence-electron chi connectivity index (χ4n) is 6.51. The van der Waals surface area contributed by atoms with Crippen LogP contribution in [-0.2, 0) is 17.5 Å². The van der Waals surface area contributed by atoms with Crippen molar-refractivity contribution in [2.75, 3.05) is 0 Å². The van der Waals surface area contributed by atoms with Crippen LogP contribution in [0.25, 0.3) is 10.8 Å². The second-order valence-electron chi connectivity index (χ2n) is 10.9. The summed E-state index contributed by atoms with van der Waals surface area (Å²) >= 11 is 0. The van der Waals surface area contributed by atoms with E-state index in [0.717, 1.165) is 50.5 Å². The lowest BCUT2D eigenvalue weighted by Gasteiger charge is -2.48. The summed E-state index contributed by atoms with van der Waals surface area (Å²) in [5.74, 6) is -0.531. The number of fused-ring (bicyclic) bond motifs is 3. The highest BCUT2D eigenvalue weighted by atomic mass is 19.4. The minimum absolute atomic E-state index is 0.0687. The maximum Gasteiger partial charge on any atom is 0.420 e. The number of hydrogen-bond donors (Lipinski definition) is 1. The molecule has 1 N–H and O–H groups in total. The molecule has 2 bridgehead atoms. The summed E-state index contributed by atoms with van der Waals surface area (Å²) < 4.78 is 49.0. The zero-order chi connectivity index (χ0) is 24.7. The summed E-state index contributed by atoms with van der Waals surface area (Å²) in [5.41, 5.74) is 0.151. The molecule has 1 aliphatic carbocycles. The lowest BCUT2D eigenvalue weighted by molar-refractivity contribution is -0.146. The van der Waals surface area contributed by atoms with Gasteiger partial charge in [-0.2, -0.15) is 13.2 Å². The number of ether oxygens (including phenoxy) is 1. The van der Waals surface area contributed by atoms with E-state index < -0.39 is 17.7 Å². The highest BCUT2D eigenvalue weighted by Crippen LogP contribution is 2.43. The van der Waals surface area contributed by atoms with Crippen LogP contribution >= 0.6 is 0 Å². The number of carboxylic acids is 1. The Bertz CT molecular complexity index is 1060.